The Balaban J connectivity index is 1.74. The average Bonchev–Trinajstić information content (AvgIpc) is 2.67. The molecular weight excluding hydrogens is 364 g/mol. The highest BCUT2D eigenvalue weighted by Gasteiger charge is 2.13. The predicted octanol–water partition coefficient (Wildman–Crippen LogP) is 2.39. The quantitative estimate of drug-likeness (QED) is 0.560. The van der Waals surface area contributed by atoms with E-state index >= 15 is 0 Å². The summed E-state index contributed by atoms with van der Waals surface area (Å²) in [6.07, 6.45) is 0.600. The lowest BCUT2D eigenvalue weighted by molar-refractivity contribution is -0.150. The minimum absolute atomic E-state index is 0.228. The number of nitrogens with one attached hydrogen (secondary N) is 2. The average molecular weight is 384 g/mol. The molecule has 2 rings (SSSR count). The van der Waals surface area contributed by atoms with Gasteiger partial charge < -0.3 is 14.8 Å². The number of hydrogen-bond donors (Lipinski definition) is 2. The normalized spacial score (nSPS) is 9.93. The number of aryl methyl sites for hydroxylation is 2. The fraction of sp³-hybridized carbons (Fsp3) is 0.200. The van der Waals surface area contributed by atoms with Crippen LogP contribution in [0.1, 0.15) is 21.5 Å². The molecule has 0 aliphatic carbocycles. The summed E-state index contributed by atoms with van der Waals surface area (Å²) in [4.78, 5) is 46.1. The summed E-state index contributed by atoms with van der Waals surface area (Å²) in [6, 6.07) is 11.1. The van der Waals surface area contributed by atoms with Gasteiger partial charge in [-0.3, -0.25) is 14.9 Å². The first-order chi connectivity index (χ1) is 13.4. The van der Waals surface area contributed by atoms with E-state index < -0.39 is 31.1 Å². The number of carbonyl (C=O) groups is 4. The summed E-state index contributed by atoms with van der Waals surface area (Å²) < 4.78 is 9.93. The zero-order chi connectivity index (χ0) is 20.5. The summed E-state index contributed by atoms with van der Waals surface area (Å²) in [6.45, 7) is 2.63. The highest BCUT2D eigenvalue weighted by molar-refractivity contribution is 6.02. The molecule has 146 valence electrons. The Labute approximate surface area is 161 Å². The molecule has 0 saturated carbocycles. The van der Waals surface area contributed by atoms with E-state index in [4.69, 9.17) is 9.47 Å². The number of carbonyl (C=O) groups excluding carboxylic acids is 4. The van der Waals surface area contributed by atoms with Gasteiger partial charge in [-0.1, -0.05) is 29.8 Å². The lowest BCUT2D eigenvalue weighted by atomic mass is 10.1. The number of amides is 3. The lowest BCUT2D eigenvalue weighted by Crippen LogP contribution is -2.37. The topological polar surface area (TPSA) is 111 Å². The number of ether oxygens (including phenoxy) is 2. The molecule has 0 aliphatic rings. The number of benzene rings is 2. The number of imide groups is 1. The van der Waals surface area contributed by atoms with Crippen molar-refractivity contribution in [3.8, 4) is 5.75 Å². The molecule has 0 bridgehead atoms. The minimum atomic E-state index is -0.814. The van der Waals surface area contributed by atoms with Crippen molar-refractivity contribution in [2.45, 2.75) is 13.8 Å². The summed E-state index contributed by atoms with van der Waals surface area (Å²) in [5.41, 5.74) is 2.75. The molecule has 0 aromatic heterocycles. The summed E-state index contributed by atoms with van der Waals surface area (Å²) in [5, 5.41) is 4.61. The van der Waals surface area contributed by atoms with Crippen LogP contribution in [0.25, 0.3) is 0 Å². The Morgan fingerprint density at radius 1 is 1.04 bits per heavy atom. The first kappa shape index (κ1) is 20.6. The van der Waals surface area contributed by atoms with Crippen LogP contribution >= 0.6 is 0 Å². The van der Waals surface area contributed by atoms with Crippen LogP contribution < -0.4 is 15.4 Å². The number of aldehydes is 1. The zero-order valence-corrected chi connectivity index (χ0v) is 15.5. The SMILES string of the molecule is Cc1ccc(NC(=O)NC(=O)COC(=O)COc2ccccc2C=O)c(C)c1. The molecule has 8 heteroatoms. The van der Waals surface area contributed by atoms with Gasteiger partial charge in [0, 0.05) is 5.69 Å². The van der Waals surface area contributed by atoms with Gasteiger partial charge in [-0.05, 0) is 37.6 Å². The van der Waals surface area contributed by atoms with Gasteiger partial charge in [-0.2, -0.15) is 0 Å². The van der Waals surface area contributed by atoms with E-state index in [1.807, 2.05) is 26.0 Å². The van der Waals surface area contributed by atoms with E-state index in [9.17, 15) is 19.2 Å². The number of para-hydroxylation sites is 1. The second-order valence-corrected chi connectivity index (χ2v) is 5.93. The van der Waals surface area contributed by atoms with Gasteiger partial charge >= 0.3 is 12.0 Å². The summed E-state index contributed by atoms with van der Waals surface area (Å²) >= 11 is 0. The Morgan fingerprint density at radius 2 is 1.79 bits per heavy atom. The molecule has 28 heavy (non-hydrogen) atoms. The van der Waals surface area contributed by atoms with Crippen molar-refractivity contribution in [2.24, 2.45) is 0 Å². The fourth-order valence-electron chi connectivity index (χ4n) is 2.30. The maximum Gasteiger partial charge on any atom is 0.344 e. The van der Waals surface area contributed by atoms with Gasteiger partial charge in [-0.15, -0.1) is 0 Å². The first-order valence-electron chi connectivity index (χ1n) is 8.39. The first-order valence-corrected chi connectivity index (χ1v) is 8.39. The highest BCUT2D eigenvalue weighted by Crippen LogP contribution is 2.16. The van der Waals surface area contributed by atoms with Gasteiger partial charge in [0.15, 0.2) is 19.5 Å². The van der Waals surface area contributed by atoms with E-state index in [1.165, 1.54) is 12.1 Å². The van der Waals surface area contributed by atoms with E-state index in [1.54, 1.807) is 18.2 Å². The van der Waals surface area contributed by atoms with Crippen LogP contribution in [0.2, 0.25) is 0 Å². The Morgan fingerprint density at radius 3 is 2.50 bits per heavy atom. The number of hydrogen-bond acceptors (Lipinski definition) is 6. The summed E-state index contributed by atoms with van der Waals surface area (Å²) in [5.74, 6) is -1.37. The molecule has 0 saturated heterocycles. The molecule has 0 heterocycles. The van der Waals surface area contributed by atoms with E-state index in [-0.39, 0.29) is 11.3 Å². The Bertz CT molecular complexity index is 894. The van der Waals surface area contributed by atoms with Crippen molar-refractivity contribution >= 4 is 29.9 Å². The molecular formula is C20H20N2O6. The molecule has 3 amide bonds. The molecule has 0 unspecified atom stereocenters. The molecule has 2 aromatic rings. The van der Waals surface area contributed by atoms with Crippen LogP contribution in [-0.2, 0) is 14.3 Å². The lowest BCUT2D eigenvalue weighted by Gasteiger charge is -2.10. The third-order valence-electron chi connectivity index (χ3n) is 3.64. The van der Waals surface area contributed by atoms with Crippen LogP contribution in [0, 0.1) is 13.8 Å². The molecule has 2 N–H and O–H groups in total. The van der Waals surface area contributed by atoms with Crippen molar-refractivity contribution in [3.63, 3.8) is 0 Å². The molecule has 0 atom stereocenters. The minimum Gasteiger partial charge on any atom is -0.481 e. The molecule has 0 spiro atoms. The van der Waals surface area contributed by atoms with Crippen molar-refractivity contribution in [3.05, 3.63) is 59.2 Å². The maximum absolute atomic E-state index is 11.8. The van der Waals surface area contributed by atoms with Gasteiger partial charge in [0.05, 0.1) is 5.56 Å². The van der Waals surface area contributed by atoms with Gasteiger partial charge in [-0.25, -0.2) is 9.59 Å². The number of rotatable bonds is 7. The van der Waals surface area contributed by atoms with Crippen molar-refractivity contribution in [1.82, 2.24) is 5.32 Å². The molecule has 0 radical (unpaired) electrons. The van der Waals surface area contributed by atoms with Gasteiger partial charge in [0.1, 0.15) is 5.75 Å². The number of esters is 1. The van der Waals surface area contributed by atoms with Crippen molar-refractivity contribution in [2.75, 3.05) is 18.5 Å². The predicted molar refractivity (Wildman–Crippen MR) is 101 cm³/mol. The fourth-order valence-corrected chi connectivity index (χ4v) is 2.30. The maximum atomic E-state index is 11.8. The van der Waals surface area contributed by atoms with Crippen LogP contribution in [0.5, 0.6) is 5.75 Å². The molecule has 0 aliphatic heterocycles. The van der Waals surface area contributed by atoms with Crippen molar-refractivity contribution in [1.29, 1.82) is 0 Å². The van der Waals surface area contributed by atoms with E-state index in [0.717, 1.165) is 11.1 Å². The molecule has 2 aromatic carbocycles. The second kappa shape index (κ2) is 9.86. The Hall–Kier alpha value is -3.68. The third-order valence-corrected chi connectivity index (χ3v) is 3.64. The molecule has 8 nitrogen and oxygen atoms in total. The largest absolute Gasteiger partial charge is 0.481 e. The van der Waals surface area contributed by atoms with Crippen LogP contribution in [0.15, 0.2) is 42.5 Å². The van der Waals surface area contributed by atoms with Crippen molar-refractivity contribution < 1.29 is 28.7 Å². The Kier molecular flexibility index (Phi) is 7.27. The van der Waals surface area contributed by atoms with E-state index in [2.05, 4.69) is 10.6 Å². The van der Waals surface area contributed by atoms with E-state index in [0.29, 0.717) is 12.0 Å². The van der Waals surface area contributed by atoms with Gasteiger partial charge in [0.2, 0.25) is 0 Å². The van der Waals surface area contributed by atoms with Crippen LogP contribution in [0.3, 0.4) is 0 Å². The summed E-state index contributed by atoms with van der Waals surface area (Å²) in [7, 11) is 0. The third kappa shape index (κ3) is 6.24. The number of urea groups is 1. The molecule has 0 fully saturated rings. The highest BCUT2D eigenvalue weighted by atomic mass is 16.6. The van der Waals surface area contributed by atoms with Crippen LogP contribution in [0.4, 0.5) is 10.5 Å². The zero-order valence-electron chi connectivity index (χ0n) is 15.5. The monoisotopic (exact) mass is 384 g/mol. The number of anilines is 1. The van der Waals surface area contributed by atoms with Crippen LogP contribution in [-0.4, -0.2) is 37.4 Å². The second-order valence-electron chi connectivity index (χ2n) is 5.93. The van der Waals surface area contributed by atoms with Gasteiger partial charge in [0.25, 0.3) is 5.91 Å². The standard InChI is InChI=1S/C20H20N2O6/c1-13-7-8-16(14(2)9-13)21-20(26)22-18(24)11-28-19(25)12-27-17-6-4-3-5-15(17)10-23/h3-10H,11-12H2,1-2H3,(H2,21,22,24,26). The smallest absolute Gasteiger partial charge is 0.344 e.